The molecular weight excluding hydrogens is 321 g/mol. The molecule has 0 N–H and O–H groups in total. The second kappa shape index (κ2) is 12.9. The quantitative estimate of drug-likeness (QED) is 0.588. The zero-order chi connectivity index (χ0) is 10.6. The van der Waals surface area contributed by atoms with Crippen molar-refractivity contribution in [2.24, 2.45) is 0 Å². The van der Waals surface area contributed by atoms with E-state index in [-0.39, 0.29) is 41.3 Å². The molecule has 0 radical (unpaired) electrons. The molecule has 0 aromatic rings. The minimum absolute atomic E-state index is 0. The second-order valence-corrected chi connectivity index (χ2v) is 3.01. The molecule has 1 heteroatoms. The summed E-state index contributed by atoms with van der Waals surface area (Å²) in [7, 11) is 0. The topological polar surface area (TPSA) is 0 Å². The molecule has 3 rings (SSSR count). The van der Waals surface area contributed by atoms with Gasteiger partial charge in [-0.3, -0.25) is 18.2 Å². The van der Waals surface area contributed by atoms with Crippen LogP contribution >= 0.6 is 0 Å². The first-order valence-corrected chi connectivity index (χ1v) is 5.15. The first-order valence-electron chi connectivity index (χ1n) is 5.15. The molecule has 0 nitrogen and oxygen atoms in total. The Morgan fingerprint density at radius 1 is 0.562 bits per heavy atom. The second-order valence-electron chi connectivity index (χ2n) is 3.01. The van der Waals surface area contributed by atoms with E-state index in [2.05, 4.69) is 36.5 Å². The van der Waals surface area contributed by atoms with E-state index in [9.17, 15) is 0 Å². The van der Waals surface area contributed by atoms with E-state index in [1.165, 1.54) is 0 Å². The van der Waals surface area contributed by atoms with Gasteiger partial charge in [0.05, 0.1) is 0 Å². The van der Waals surface area contributed by atoms with Gasteiger partial charge in [-0.15, -0.1) is 19.3 Å². The van der Waals surface area contributed by atoms with Crippen LogP contribution in [0.3, 0.4) is 0 Å². The Bertz CT molecular complexity index is 232. The maximum atomic E-state index is 2.99. The van der Waals surface area contributed by atoms with Crippen molar-refractivity contribution >= 4 is 0 Å². The van der Waals surface area contributed by atoms with Crippen LogP contribution in [0.2, 0.25) is 0 Å². The molecule has 0 fully saturated rings. The Balaban J connectivity index is 0.000000205. The predicted octanol–water partition coefficient (Wildman–Crippen LogP) is 3.92. The average molecular weight is 336 g/mol. The van der Waals surface area contributed by atoms with Crippen molar-refractivity contribution in [2.45, 2.75) is 19.3 Å². The summed E-state index contributed by atoms with van der Waals surface area (Å²) in [6.45, 7) is 0. The van der Waals surface area contributed by atoms with Crippen LogP contribution in [0.1, 0.15) is 19.3 Å². The molecule has 0 unspecified atom stereocenters. The summed E-state index contributed by atoms with van der Waals surface area (Å²) in [6, 6.07) is 0. The number of hydrogen-bond acceptors (Lipinski definition) is 0. The van der Waals surface area contributed by atoms with E-state index in [1.807, 2.05) is 36.5 Å². The van der Waals surface area contributed by atoms with Crippen LogP contribution in [-0.4, -0.2) is 0 Å². The van der Waals surface area contributed by atoms with Crippen LogP contribution < -0.4 is 0 Å². The Hall–Kier alpha value is -0.196. The van der Waals surface area contributed by atoms with Crippen molar-refractivity contribution in [3.8, 4) is 0 Å². The fourth-order valence-electron chi connectivity index (χ4n) is 1.02. The molecule has 0 bridgehead atoms. The number of hydrogen-bond donors (Lipinski definition) is 0. The van der Waals surface area contributed by atoms with Gasteiger partial charge in [0.25, 0.3) is 0 Å². The van der Waals surface area contributed by atoms with Gasteiger partial charge in [-0.05, 0) is 0 Å². The molecule has 3 aliphatic carbocycles. The van der Waals surface area contributed by atoms with Gasteiger partial charge in [0.15, 0.2) is 0 Å². The molecule has 0 aliphatic heterocycles. The van der Waals surface area contributed by atoms with Gasteiger partial charge in [0, 0.05) is 0 Å². The minimum atomic E-state index is 0. The van der Waals surface area contributed by atoms with Crippen molar-refractivity contribution in [2.75, 3.05) is 0 Å². The summed E-state index contributed by atoms with van der Waals surface area (Å²) in [5.41, 5.74) is 0. The zero-order valence-electron chi connectivity index (χ0n) is 9.39. The van der Waals surface area contributed by atoms with Gasteiger partial charge in [0.2, 0.25) is 0 Å². The largest absolute Gasteiger partial charge is 3.00 e. The van der Waals surface area contributed by atoms with E-state index >= 15 is 0 Å². The summed E-state index contributed by atoms with van der Waals surface area (Å²) in [5, 5.41) is 0. The zero-order valence-corrected chi connectivity index (χ0v) is 13.1. The molecular formula is C15H15Pr. The smallest absolute Gasteiger partial charge is 0.273 e. The number of allylic oxidation sites excluding steroid dienone is 12. The van der Waals surface area contributed by atoms with Gasteiger partial charge >= 0.3 is 41.3 Å². The van der Waals surface area contributed by atoms with E-state index in [4.69, 9.17) is 0 Å². The summed E-state index contributed by atoms with van der Waals surface area (Å²) >= 11 is 0. The summed E-state index contributed by atoms with van der Waals surface area (Å²) in [6.07, 6.45) is 30.0. The fourth-order valence-corrected chi connectivity index (χ4v) is 1.02. The standard InChI is InChI=1S/3C5H5.Pr/c3*1-2-4-5-3-1;/h3*1-3H,4H2;/q3*-1;+3. The van der Waals surface area contributed by atoms with Gasteiger partial charge in [0.1, 0.15) is 0 Å². The van der Waals surface area contributed by atoms with Crippen LogP contribution in [0.15, 0.2) is 54.7 Å². The minimum Gasteiger partial charge on any atom is -0.273 e. The van der Waals surface area contributed by atoms with Gasteiger partial charge < -0.3 is 0 Å². The molecule has 0 spiro atoms. The molecule has 0 saturated heterocycles. The van der Waals surface area contributed by atoms with Gasteiger partial charge in [-0.1, -0.05) is 0 Å². The molecule has 0 heterocycles. The molecule has 3 aliphatic rings. The Morgan fingerprint density at radius 2 is 0.875 bits per heavy atom. The van der Waals surface area contributed by atoms with Crippen LogP contribution in [0.4, 0.5) is 0 Å². The molecule has 0 aromatic heterocycles. The first kappa shape index (κ1) is 15.8. The SMILES string of the molecule is [C-]1=CC=CC1.[C-]1=CC=CC1.[C-]1=CC=CC1.[Pr+3]. The van der Waals surface area contributed by atoms with E-state index in [0.29, 0.717) is 0 Å². The maximum Gasteiger partial charge on any atom is 3.00 e. The van der Waals surface area contributed by atoms with Crippen LogP contribution in [-0.2, 0) is 0 Å². The molecule has 0 amide bonds. The van der Waals surface area contributed by atoms with Crippen LogP contribution in [0, 0.1) is 59.5 Å². The Morgan fingerprint density at radius 3 is 0.938 bits per heavy atom. The monoisotopic (exact) mass is 336 g/mol. The third kappa shape index (κ3) is 10.3. The molecule has 0 aromatic carbocycles. The fraction of sp³-hybridized carbons (Fsp3) is 0.200. The van der Waals surface area contributed by atoms with E-state index < -0.39 is 0 Å². The first-order chi connectivity index (χ1) is 7.50. The van der Waals surface area contributed by atoms with Crippen LogP contribution in [0.5, 0.6) is 0 Å². The van der Waals surface area contributed by atoms with Crippen molar-refractivity contribution in [1.29, 1.82) is 0 Å². The summed E-state index contributed by atoms with van der Waals surface area (Å²) in [4.78, 5) is 0. The average Bonchev–Trinajstić information content (AvgIpc) is 3.09. The Kier molecular flexibility index (Phi) is 12.7. The van der Waals surface area contributed by atoms with E-state index in [0.717, 1.165) is 19.3 Å². The Labute approximate surface area is 132 Å². The van der Waals surface area contributed by atoms with Crippen molar-refractivity contribution < 1.29 is 41.3 Å². The van der Waals surface area contributed by atoms with Crippen molar-refractivity contribution in [1.82, 2.24) is 0 Å². The number of rotatable bonds is 0. The maximum absolute atomic E-state index is 2.99. The third-order valence-electron chi connectivity index (χ3n) is 1.76. The van der Waals surface area contributed by atoms with E-state index in [1.54, 1.807) is 0 Å². The van der Waals surface area contributed by atoms with Crippen LogP contribution in [0.25, 0.3) is 0 Å². The van der Waals surface area contributed by atoms with Crippen molar-refractivity contribution in [3.63, 3.8) is 0 Å². The van der Waals surface area contributed by atoms with Gasteiger partial charge in [-0.2, -0.15) is 18.2 Å². The van der Waals surface area contributed by atoms with Gasteiger partial charge in [-0.25, -0.2) is 36.5 Å². The van der Waals surface area contributed by atoms with Crippen molar-refractivity contribution in [3.05, 3.63) is 72.9 Å². The predicted molar refractivity (Wildman–Crippen MR) is 64.7 cm³/mol. The summed E-state index contributed by atoms with van der Waals surface area (Å²) < 4.78 is 0. The summed E-state index contributed by atoms with van der Waals surface area (Å²) in [5.74, 6) is 0. The molecule has 16 heavy (non-hydrogen) atoms. The molecule has 78 valence electrons. The normalized spacial score (nSPS) is 16.5. The third-order valence-corrected chi connectivity index (χ3v) is 1.76. The molecule has 0 saturated carbocycles. The molecule has 0 atom stereocenters.